The van der Waals surface area contributed by atoms with E-state index in [-0.39, 0.29) is 27.3 Å². The van der Waals surface area contributed by atoms with Crippen LogP contribution in [0.5, 0.6) is 0 Å². The number of carbonyl (C=O) groups is 1. The summed E-state index contributed by atoms with van der Waals surface area (Å²) in [6, 6.07) is 12.2. The normalized spacial score (nSPS) is 11.5. The Bertz CT molecular complexity index is 1160. The van der Waals surface area contributed by atoms with Crippen molar-refractivity contribution in [2.75, 3.05) is 17.3 Å². The number of nitrogens with zero attached hydrogens (tertiary/aromatic N) is 4. The summed E-state index contributed by atoms with van der Waals surface area (Å²) in [6.07, 6.45) is 4.39. The fourth-order valence-electron chi connectivity index (χ4n) is 2.76. The number of anilines is 1. The van der Waals surface area contributed by atoms with Crippen LogP contribution >= 0.6 is 23.4 Å². The molecular weight excluding hydrogens is 458 g/mol. The number of hydrogen-bond acceptors (Lipinski definition) is 7. The molecule has 0 unspecified atom stereocenters. The second-order valence-corrected chi connectivity index (χ2v) is 10.3. The van der Waals surface area contributed by atoms with Crippen molar-refractivity contribution in [3.8, 4) is 5.69 Å². The first-order valence-corrected chi connectivity index (χ1v) is 12.8. The first-order valence-electron chi connectivity index (χ1n) is 9.58. The predicted octanol–water partition coefficient (Wildman–Crippen LogP) is 3.79. The number of aromatic nitrogens is 4. The van der Waals surface area contributed by atoms with Crippen LogP contribution in [0.4, 0.5) is 5.69 Å². The molecule has 1 N–H and O–H groups in total. The highest BCUT2D eigenvalue weighted by molar-refractivity contribution is 7.99. The number of benzene rings is 2. The van der Waals surface area contributed by atoms with Gasteiger partial charge in [0.25, 0.3) is 0 Å². The Morgan fingerprint density at radius 2 is 1.94 bits per heavy atom. The van der Waals surface area contributed by atoms with Gasteiger partial charge in [0.15, 0.2) is 9.84 Å². The molecule has 0 radical (unpaired) electrons. The van der Waals surface area contributed by atoms with E-state index in [4.69, 9.17) is 11.6 Å². The number of tetrazole rings is 1. The van der Waals surface area contributed by atoms with Crippen LogP contribution in [0.2, 0.25) is 5.02 Å². The Balaban J connectivity index is 1.65. The third-order valence-electron chi connectivity index (χ3n) is 4.41. The van der Waals surface area contributed by atoms with Gasteiger partial charge in [-0.05, 0) is 59.2 Å². The van der Waals surface area contributed by atoms with Gasteiger partial charge >= 0.3 is 0 Å². The lowest BCUT2D eigenvalue weighted by atomic mass is 10.1. The molecular formula is C20H22ClN5O3S2. The van der Waals surface area contributed by atoms with E-state index in [0.29, 0.717) is 5.16 Å². The Kier molecular flexibility index (Phi) is 7.69. The molecule has 0 saturated carbocycles. The van der Waals surface area contributed by atoms with Gasteiger partial charge in [-0.3, -0.25) is 4.79 Å². The maximum atomic E-state index is 12.4. The van der Waals surface area contributed by atoms with Crippen molar-refractivity contribution >= 4 is 44.8 Å². The van der Waals surface area contributed by atoms with Gasteiger partial charge in [0.2, 0.25) is 11.1 Å². The fraction of sp³-hybridized carbons (Fsp3) is 0.300. The first-order chi connectivity index (χ1) is 14.8. The van der Waals surface area contributed by atoms with Crippen LogP contribution in [0.1, 0.15) is 25.3 Å². The van der Waals surface area contributed by atoms with Crippen LogP contribution in [0.15, 0.2) is 52.5 Å². The van der Waals surface area contributed by atoms with Crippen molar-refractivity contribution in [3.05, 3.63) is 53.1 Å². The second kappa shape index (κ2) is 10.3. The van der Waals surface area contributed by atoms with Gasteiger partial charge in [0, 0.05) is 6.26 Å². The molecule has 0 spiro atoms. The van der Waals surface area contributed by atoms with E-state index in [2.05, 4.69) is 27.8 Å². The SMILES string of the molecule is CCCCc1ccc(-n2nnnc2SCC(=O)Nc2cc(S(C)(=O)=O)ccc2Cl)cc1. The Morgan fingerprint density at radius 3 is 2.61 bits per heavy atom. The summed E-state index contributed by atoms with van der Waals surface area (Å²) >= 11 is 7.25. The average Bonchev–Trinajstić information content (AvgIpc) is 3.20. The van der Waals surface area contributed by atoms with Crippen molar-refractivity contribution in [2.24, 2.45) is 0 Å². The molecule has 2 aromatic carbocycles. The molecule has 1 aromatic heterocycles. The minimum absolute atomic E-state index is 0.0222. The molecule has 1 heterocycles. The number of rotatable bonds is 9. The minimum atomic E-state index is -3.42. The van der Waals surface area contributed by atoms with Gasteiger partial charge in [-0.25, -0.2) is 8.42 Å². The van der Waals surface area contributed by atoms with Crippen molar-refractivity contribution in [2.45, 2.75) is 36.2 Å². The summed E-state index contributed by atoms with van der Waals surface area (Å²) in [4.78, 5) is 12.5. The van der Waals surface area contributed by atoms with Crippen LogP contribution < -0.4 is 5.32 Å². The van der Waals surface area contributed by atoms with E-state index in [1.165, 1.54) is 23.8 Å². The van der Waals surface area contributed by atoms with Crippen LogP contribution in [0.3, 0.4) is 0 Å². The lowest BCUT2D eigenvalue weighted by molar-refractivity contribution is -0.113. The highest BCUT2D eigenvalue weighted by atomic mass is 35.5. The van der Waals surface area contributed by atoms with Gasteiger partial charge in [0.1, 0.15) is 0 Å². The zero-order valence-electron chi connectivity index (χ0n) is 17.1. The molecule has 3 rings (SSSR count). The molecule has 0 aliphatic carbocycles. The summed E-state index contributed by atoms with van der Waals surface area (Å²) in [6.45, 7) is 2.16. The molecule has 31 heavy (non-hydrogen) atoms. The Hall–Kier alpha value is -2.43. The first kappa shape index (κ1) is 23.2. The molecule has 0 saturated heterocycles. The summed E-state index contributed by atoms with van der Waals surface area (Å²) in [5.41, 5.74) is 2.29. The predicted molar refractivity (Wildman–Crippen MR) is 122 cm³/mol. The van der Waals surface area contributed by atoms with Crippen LogP contribution in [0.25, 0.3) is 5.69 Å². The largest absolute Gasteiger partial charge is 0.324 e. The van der Waals surface area contributed by atoms with E-state index in [1.54, 1.807) is 4.68 Å². The van der Waals surface area contributed by atoms with Crippen LogP contribution in [0, 0.1) is 0 Å². The molecule has 0 aliphatic heterocycles. The van der Waals surface area contributed by atoms with Gasteiger partial charge in [0.05, 0.1) is 27.0 Å². The second-order valence-electron chi connectivity index (χ2n) is 6.89. The molecule has 164 valence electrons. The van der Waals surface area contributed by atoms with E-state index in [9.17, 15) is 13.2 Å². The lowest BCUT2D eigenvalue weighted by Gasteiger charge is -2.09. The zero-order valence-corrected chi connectivity index (χ0v) is 19.5. The third kappa shape index (κ3) is 6.28. The van der Waals surface area contributed by atoms with E-state index in [1.807, 2.05) is 24.3 Å². The van der Waals surface area contributed by atoms with Gasteiger partial charge in [-0.15, -0.1) is 5.10 Å². The lowest BCUT2D eigenvalue weighted by Crippen LogP contribution is -2.15. The number of hydrogen-bond donors (Lipinski definition) is 1. The highest BCUT2D eigenvalue weighted by Crippen LogP contribution is 2.26. The highest BCUT2D eigenvalue weighted by Gasteiger charge is 2.15. The van der Waals surface area contributed by atoms with E-state index < -0.39 is 9.84 Å². The van der Waals surface area contributed by atoms with Crippen molar-refractivity contribution in [1.82, 2.24) is 20.2 Å². The van der Waals surface area contributed by atoms with Crippen molar-refractivity contribution in [1.29, 1.82) is 0 Å². The molecule has 1 amide bonds. The molecule has 0 aliphatic rings. The van der Waals surface area contributed by atoms with Gasteiger partial charge < -0.3 is 5.32 Å². The maximum absolute atomic E-state index is 12.4. The summed E-state index contributed by atoms with van der Waals surface area (Å²) in [5, 5.41) is 15.1. The maximum Gasteiger partial charge on any atom is 0.234 e. The van der Waals surface area contributed by atoms with Gasteiger partial charge in [-0.1, -0.05) is 48.8 Å². The van der Waals surface area contributed by atoms with Crippen molar-refractivity contribution < 1.29 is 13.2 Å². The number of thioether (sulfide) groups is 1. The number of amides is 1. The molecule has 0 fully saturated rings. The number of aryl methyl sites for hydroxylation is 1. The fourth-order valence-corrected chi connectivity index (χ4v) is 4.27. The molecule has 3 aromatic rings. The monoisotopic (exact) mass is 479 g/mol. The standard InChI is InChI=1S/C20H22ClN5O3S2/c1-3-4-5-14-6-8-15(9-7-14)26-20(23-24-25-26)30-13-19(27)22-18-12-16(31(2,28)29)10-11-17(18)21/h6-12H,3-5,13H2,1-2H3,(H,22,27). The topological polar surface area (TPSA) is 107 Å². The summed E-state index contributed by atoms with van der Waals surface area (Å²) in [7, 11) is -3.42. The third-order valence-corrected chi connectivity index (χ3v) is 6.77. The quantitative estimate of drug-likeness (QED) is 0.465. The van der Waals surface area contributed by atoms with E-state index in [0.717, 1.165) is 43.0 Å². The molecule has 0 bridgehead atoms. The van der Waals surface area contributed by atoms with Crippen LogP contribution in [-0.2, 0) is 21.1 Å². The minimum Gasteiger partial charge on any atom is -0.324 e. The molecule has 11 heteroatoms. The average molecular weight is 480 g/mol. The number of unbranched alkanes of at least 4 members (excludes halogenated alkanes) is 1. The van der Waals surface area contributed by atoms with Crippen molar-refractivity contribution in [3.63, 3.8) is 0 Å². The van der Waals surface area contributed by atoms with Gasteiger partial charge in [-0.2, -0.15) is 4.68 Å². The smallest absolute Gasteiger partial charge is 0.234 e. The molecule has 0 atom stereocenters. The molecule has 8 nitrogen and oxygen atoms in total. The Morgan fingerprint density at radius 1 is 1.19 bits per heavy atom. The number of nitrogens with one attached hydrogen (secondary N) is 1. The number of sulfone groups is 1. The van der Waals surface area contributed by atoms with E-state index >= 15 is 0 Å². The summed E-state index contributed by atoms with van der Waals surface area (Å²) in [5.74, 6) is -0.337. The number of halogens is 1. The summed E-state index contributed by atoms with van der Waals surface area (Å²) < 4.78 is 25.0. The number of carbonyl (C=O) groups excluding carboxylic acids is 1. The zero-order chi connectivity index (χ0) is 22.4. The van der Waals surface area contributed by atoms with Crippen LogP contribution in [-0.4, -0.2) is 46.5 Å². The Labute approximate surface area is 190 Å².